The van der Waals surface area contributed by atoms with Crippen LogP contribution in [-0.4, -0.2) is 29.8 Å². The zero-order valence-electron chi connectivity index (χ0n) is 10.4. The molecule has 4 N–H and O–H groups in total. The van der Waals surface area contributed by atoms with Gasteiger partial charge in [0.2, 0.25) is 0 Å². The number of amides is 1. The van der Waals surface area contributed by atoms with Crippen molar-refractivity contribution < 1.29 is 14.6 Å². The fraction of sp³-hybridized carbons (Fsp3) is 0.462. The number of hydrogen-bond donors (Lipinski definition) is 3. The number of benzene rings is 1. The molecule has 5 nitrogen and oxygen atoms in total. The molecule has 0 atom stereocenters. The minimum Gasteiger partial charge on any atom is -0.494 e. The first-order valence-corrected chi connectivity index (χ1v) is 6.05. The molecule has 5 heteroatoms. The van der Waals surface area contributed by atoms with E-state index in [9.17, 15) is 9.90 Å². The van der Waals surface area contributed by atoms with Crippen LogP contribution >= 0.6 is 0 Å². The summed E-state index contributed by atoms with van der Waals surface area (Å²) >= 11 is 0. The molecule has 98 valence electrons. The van der Waals surface area contributed by atoms with Crippen molar-refractivity contribution in [1.29, 1.82) is 0 Å². The maximum atomic E-state index is 12.0. The lowest BCUT2D eigenvalue weighted by Crippen LogP contribution is -2.39. The van der Waals surface area contributed by atoms with Gasteiger partial charge in [0, 0.05) is 17.3 Å². The number of anilines is 1. The topological polar surface area (TPSA) is 84.6 Å². The Kier molecular flexibility index (Phi) is 3.43. The molecule has 1 fully saturated rings. The van der Waals surface area contributed by atoms with Crippen molar-refractivity contribution >= 4 is 11.6 Å². The van der Waals surface area contributed by atoms with E-state index in [1.807, 2.05) is 6.92 Å². The van der Waals surface area contributed by atoms with Gasteiger partial charge >= 0.3 is 0 Å². The number of ether oxygens (including phenoxy) is 1. The van der Waals surface area contributed by atoms with Gasteiger partial charge in [0.05, 0.1) is 18.8 Å². The van der Waals surface area contributed by atoms with E-state index in [0.717, 1.165) is 12.8 Å². The van der Waals surface area contributed by atoms with Crippen LogP contribution in [0.1, 0.15) is 30.1 Å². The Bertz CT molecular complexity index is 456. The second-order valence-electron chi connectivity index (χ2n) is 4.62. The first kappa shape index (κ1) is 12.7. The summed E-state index contributed by atoms with van der Waals surface area (Å²) < 4.78 is 5.34. The van der Waals surface area contributed by atoms with Crippen molar-refractivity contribution in [3.63, 3.8) is 0 Å². The molecule has 18 heavy (non-hydrogen) atoms. The summed E-state index contributed by atoms with van der Waals surface area (Å²) in [6.07, 6.45) is 1.63. The van der Waals surface area contributed by atoms with E-state index in [1.54, 1.807) is 18.2 Å². The van der Waals surface area contributed by atoms with Crippen LogP contribution < -0.4 is 15.8 Å². The highest BCUT2D eigenvalue weighted by Gasteiger charge is 2.43. The van der Waals surface area contributed by atoms with Crippen molar-refractivity contribution in [3.8, 4) is 5.75 Å². The largest absolute Gasteiger partial charge is 0.494 e. The Hall–Kier alpha value is -1.75. The van der Waals surface area contributed by atoms with Crippen LogP contribution in [0.5, 0.6) is 5.75 Å². The predicted molar refractivity (Wildman–Crippen MR) is 68.5 cm³/mol. The average molecular weight is 250 g/mol. The van der Waals surface area contributed by atoms with Crippen molar-refractivity contribution in [2.24, 2.45) is 0 Å². The van der Waals surface area contributed by atoms with E-state index in [0.29, 0.717) is 23.6 Å². The number of nitrogen functional groups attached to an aromatic ring is 1. The van der Waals surface area contributed by atoms with E-state index >= 15 is 0 Å². The zero-order chi connectivity index (χ0) is 13.2. The van der Waals surface area contributed by atoms with Crippen molar-refractivity contribution in [2.45, 2.75) is 25.3 Å². The lowest BCUT2D eigenvalue weighted by Gasteiger charge is -2.15. The first-order chi connectivity index (χ1) is 8.58. The summed E-state index contributed by atoms with van der Waals surface area (Å²) in [4.78, 5) is 12.0. The average Bonchev–Trinajstić information content (AvgIpc) is 3.09. The van der Waals surface area contributed by atoms with E-state index in [4.69, 9.17) is 10.5 Å². The highest BCUT2D eigenvalue weighted by molar-refractivity contribution is 5.96. The van der Waals surface area contributed by atoms with Crippen LogP contribution in [0.2, 0.25) is 0 Å². The van der Waals surface area contributed by atoms with Crippen LogP contribution in [0.15, 0.2) is 18.2 Å². The van der Waals surface area contributed by atoms with Gasteiger partial charge in [0.25, 0.3) is 5.91 Å². The fourth-order valence-electron chi connectivity index (χ4n) is 1.79. The molecule has 0 heterocycles. The van der Waals surface area contributed by atoms with Gasteiger partial charge < -0.3 is 20.9 Å². The molecule has 1 aliphatic carbocycles. The summed E-state index contributed by atoms with van der Waals surface area (Å²) in [5, 5.41) is 12.0. The van der Waals surface area contributed by atoms with Gasteiger partial charge in [-0.25, -0.2) is 0 Å². The van der Waals surface area contributed by atoms with E-state index in [-0.39, 0.29) is 12.5 Å². The van der Waals surface area contributed by atoms with Gasteiger partial charge in [-0.3, -0.25) is 4.79 Å². The Labute approximate surface area is 106 Å². The lowest BCUT2D eigenvalue weighted by atomic mass is 10.1. The van der Waals surface area contributed by atoms with Gasteiger partial charge in [0.15, 0.2) is 0 Å². The smallest absolute Gasteiger partial charge is 0.252 e. The zero-order valence-corrected chi connectivity index (χ0v) is 10.4. The van der Waals surface area contributed by atoms with E-state index in [1.165, 1.54) is 0 Å². The SMILES string of the molecule is CCOc1cc(N)cc(C(=O)NC2(CO)CC2)c1. The number of nitrogens with two attached hydrogens (primary N) is 1. The molecule has 1 saturated carbocycles. The van der Waals surface area contributed by atoms with Gasteiger partial charge in [0.1, 0.15) is 5.75 Å². The third-order valence-electron chi connectivity index (χ3n) is 3.04. The molecule has 2 rings (SSSR count). The Balaban J connectivity index is 2.14. The summed E-state index contributed by atoms with van der Waals surface area (Å²) in [6.45, 7) is 2.36. The molecular formula is C13H18N2O3. The molecule has 0 saturated heterocycles. The summed E-state index contributed by atoms with van der Waals surface area (Å²) in [7, 11) is 0. The first-order valence-electron chi connectivity index (χ1n) is 6.05. The molecule has 0 aromatic heterocycles. The standard InChI is InChI=1S/C13H18N2O3/c1-2-18-11-6-9(5-10(14)7-11)12(17)15-13(8-16)3-4-13/h5-7,16H,2-4,8,14H2,1H3,(H,15,17). The van der Waals surface area contributed by atoms with E-state index < -0.39 is 5.54 Å². The van der Waals surface area contributed by atoms with Gasteiger partial charge in [-0.1, -0.05) is 0 Å². The molecule has 0 bridgehead atoms. The number of carbonyl (C=O) groups is 1. The third kappa shape index (κ3) is 2.73. The predicted octanol–water partition coefficient (Wildman–Crippen LogP) is 0.922. The Morgan fingerprint density at radius 2 is 2.22 bits per heavy atom. The molecule has 1 aliphatic rings. The molecule has 0 spiro atoms. The number of aliphatic hydroxyl groups excluding tert-OH is 1. The van der Waals surface area contributed by atoms with Crippen LogP contribution in [0, 0.1) is 0 Å². The lowest BCUT2D eigenvalue weighted by molar-refractivity contribution is 0.0906. The second-order valence-corrected chi connectivity index (χ2v) is 4.62. The molecule has 1 aromatic carbocycles. The van der Waals surface area contributed by atoms with Crippen molar-refractivity contribution in [3.05, 3.63) is 23.8 Å². The van der Waals surface area contributed by atoms with Crippen LogP contribution in [0.25, 0.3) is 0 Å². The number of nitrogens with one attached hydrogen (secondary N) is 1. The molecular weight excluding hydrogens is 232 g/mol. The molecule has 0 radical (unpaired) electrons. The minimum atomic E-state index is -0.423. The van der Waals surface area contributed by atoms with Gasteiger partial charge in [-0.15, -0.1) is 0 Å². The van der Waals surface area contributed by atoms with Crippen LogP contribution in [0.3, 0.4) is 0 Å². The highest BCUT2D eigenvalue weighted by Crippen LogP contribution is 2.35. The number of rotatable bonds is 5. The van der Waals surface area contributed by atoms with Crippen molar-refractivity contribution in [1.82, 2.24) is 5.32 Å². The van der Waals surface area contributed by atoms with E-state index in [2.05, 4.69) is 5.32 Å². The quantitative estimate of drug-likeness (QED) is 0.678. The number of hydrogen-bond acceptors (Lipinski definition) is 4. The van der Waals surface area contributed by atoms with Crippen LogP contribution in [0.4, 0.5) is 5.69 Å². The molecule has 0 aliphatic heterocycles. The minimum absolute atomic E-state index is 0.0284. The maximum absolute atomic E-state index is 12.0. The van der Waals surface area contributed by atoms with Crippen molar-refractivity contribution in [2.75, 3.05) is 18.9 Å². The Morgan fingerprint density at radius 1 is 1.50 bits per heavy atom. The Morgan fingerprint density at radius 3 is 2.78 bits per heavy atom. The number of carbonyl (C=O) groups excluding carboxylic acids is 1. The molecule has 1 aromatic rings. The van der Waals surface area contributed by atoms with Gasteiger partial charge in [-0.2, -0.15) is 0 Å². The third-order valence-corrected chi connectivity index (χ3v) is 3.04. The van der Waals surface area contributed by atoms with Crippen LogP contribution in [-0.2, 0) is 0 Å². The normalized spacial score (nSPS) is 16.1. The van der Waals surface area contributed by atoms with Gasteiger partial charge in [-0.05, 0) is 31.9 Å². The second kappa shape index (κ2) is 4.86. The molecule has 0 unspecified atom stereocenters. The summed E-state index contributed by atoms with van der Waals surface area (Å²) in [6, 6.07) is 4.94. The number of aliphatic hydroxyl groups is 1. The molecule has 1 amide bonds. The summed E-state index contributed by atoms with van der Waals surface area (Å²) in [5.74, 6) is 0.353. The monoisotopic (exact) mass is 250 g/mol. The highest BCUT2D eigenvalue weighted by atomic mass is 16.5. The maximum Gasteiger partial charge on any atom is 0.252 e. The fourth-order valence-corrected chi connectivity index (χ4v) is 1.79. The summed E-state index contributed by atoms with van der Waals surface area (Å²) in [5.41, 5.74) is 6.25.